The smallest absolute Gasteiger partial charge is 0.263 e. The second kappa shape index (κ2) is 11.6. The van der Waals surface area contributed by atoms with Crippen LogP contribution in [-0.4, -0.2) is 39.4 Å². The number of unbranched alkanes of at least 4 members (excludes halogenated alkanes) is 2. The number of amides is 2. The van der Waals surface area contributed by atoms with E-state index in [-0.39, 0.29) is 18.9 Å². The maximum atomic E-state index is 12.5. The van der Waals surface area contributed by atoms with Gasteiger partial charge in [0.05, 0.1) is 18.8 Å². The first-order chi connectivity index (χ1) is 14.6. The molecule has 30 heavy (non-hydrogen) atoms. The lowest BCUT2D eigenvalue weighted by atomic mass is 10.1. The van der Waals surface area contributed by atoms with Gasteiger partial charge >= 0.3 is 0 Å². The molecule has 2 amide bonds. The van der Waals surface area contributed by atoms with Crippen LogP contribution in [0.3, 0.4) is 0 Å². The molecule has 6 nitrogen and oxygen atoms in total. The molecule has 1 saturated heterocycles. The quantitative estimate of drug-likeness (QED) is 0.320. The number of aryl methyl sites for hydroxylation is 1. The Bertz CT molecular complexity index is 845. The van der Waals surface area contributed by atoms with Gasteiger partial charge in [0.15, 0.2) is 0 Å². The van der Waals surface area contributed by atoms with E-state index in [0.29, 0.717) is 12.4 Å². The lowest BCUT2D eigenvalue weighted by Gasteiger charge is -2.38. The van der Waals surface area contributed by atoms with Gasteiger partial charge in [0.1, 0.15) is 11.9 Å². The van der Waals surface area contributed by atoms with E-state index in [0.717, 1.165) is 31.2 Å². The number of nitrogens with zero attached hydrogens (tertiary/aromatic N) is 1. The number of hydrogen-bond donors (Lipinski definition) is 1. The molecule has 0 radical (unpaired) electrons. The third kappa shape index (κ3) is 6.78. The second-order valence-electron chi connectivity index (χ2n) is 7.36. The number of carbonyl (C=O) groups is 2. The van der Waals surface area contributed by atoms with Crippen LogP contribution in [0.1, 0.15) is 36.8 Å². The number of nitrogens with one attached hydrogen (secondary N) is 1. The van der Waals surface area contributed by atoms with Crippen LogP contribution in [0.4, 0.5) is 0 Å². The van der Waals surface area contributed by atoms with Crippen molar-refractivity contribution >= 4 is 22.6 Å². The number of hydrogen-bond acceptors (Lipinski definition) is 4. The van der Waals surface area contributed by atoms with Gasteiger partial charge in [0.25, 0.3) is 5.91 Å². The third-order valence-corrected chi connectivity index (χ3v) is 6.67. The topological polar surface area (TPSA) is 75.7 Å². The van der Waals surface area contributed by atoms with Crippen LogP contribution < -0.4 is 5.48 Å². The molecule has 2 unspecified atom stereocenters. The van der Waals surface area contributed by atoms with Gasteiger partial charge in [-0.2, -0.15) is 0 Å². The zero-order chi connectivity index (χ0) is 21.2. The minimum Gasteiger partial charge on any atom is -0.318 e. The van der Waals surface area contributed by atoms with Crippen LogP contribution >= 0.6 is 0 Å². The largest absolute Gasteiger partial charge is 0.318 e. The first kappa shape index (κ1) is 22.2. The van der Waals surface area contributed by atoms with Crippen LogP contribution in [0.25, 0.3) is 0 Å². The van der Waals surface area contributed by atoms with E-state index in [4.69, 9.17) is 4.84 Å². The molecule has 7 heteroatoms. The predicted octanol–water partition coefficient (Wildman–Crippen LogP) is 2.95. The molecule has 0 aliphatic carbocycles. The Hall–Kier alpha value is -2.51. The minimum atomic E-state index is -1.24. The number of hydroxylamine groups is 1. The van der Waals surface area contributed by atoms with E-state index in [1.54, 1.807) is 0 Å². The van der Waals surface area contributed by atoms with E-state index < -0.39 is 22.1 Å². The van der Waals surface area contributed by atoms with Gasteiger partial charge in [-0.05, 0) is 30.4 Å². The summed E-state index contributed by atoms with van der Waals surface area (Å²) in [4.78, 5) is 30.5. The average Bonchev–Trinajstić information content (AvgIpc) is 2.76. The molecule has 0 aromatic heterocycles. The minimum absolute atomic E-state index is 0.127. The van der Waals surface area contributed by atoms with Crippen LogP contribution in [0.15, 0.2) is 60.7 Å². The van der Waals surface area contributed by atoms with E-state index in [9.17, 15) is 13.8 Å². The highest BCUT2D eigenvalue weighted by Crippen LogP contribution is 2.24. The molecular formula is C23H28N2O4S. The number of β-lactam (4-membered cyclic amide) rings is 1. The van der Waals surface area contributed by atoms with Crippen molar-refractivity contribution in [3.8, 4) is 0 Å². The molecule has 0 bridgehead atoms. The summed E-state index contributed by atoms with van der Waals surface area (Å²) in [6.07, 6.45) is 4.18. The second-order valence-corrected chi connectivity index (χ2v) is 8.96. The Morgan fingerprint density at radius 2 is 1.67 bits per heavy atom. The maximum absolute atomic E-state index is 12.5. The van der Waals surface area contributed by atoms with Crippen LogP contribution in [0.5, 0.6) is 0 Å². The summed E-state index contributed by atoms with van der Waals surface area (Å²) in [5, 5.41) is -0.415. The van der Waals surface area contributed by atoms with Crippen molar-refractivity contribution in [1.82, 2.24) is 10.4 Å². The Kier molecular flexibility index (Phi) is 8.59. The van der Waals surface area contributed by atoms with Crippen molar-refractivity contribution in [2.45, 2.75) is 43.2 Å². The van der Waals surface area contributed by atoms with E-state index in [2.05, 4.69) is 17.6 Å². The van der Waals surface area contributed by atoms with E-state index in [1.807, 2.05) is 48.5 Å². The molecule has 1 aliphatic heterocycles. The molecule has 1 aliphatic rings. The first-order valence-electron chi connectivity index (χ1n) is 10.3. The van der Waals surface area contributed by atoms with Crippen molar-refractivity contribution in [2.24, 2.45) is 0 Å². The fraction of sp³-hybridized carbons (Fsp3) is 0.391. The van der Waals surface area contributed by atoms with Gasteiger partial charge < -0.3 is 4.90 Å². The van der Waals surface area contributed by atoms with E-state index >= 15 is 0 Å². The van der Waals surface area contributed by atoms with Gasteiger partial charge in [0, 0.05) is 10.8 Å². The molecular weight excluding hydrogens is 400 g/mol. The number of carbonyl (C=O) groups excluding carboxylic acids is 2. The molecule has 3 rings (SSSR count). The van der Waals surface area contributed by atoms with Crippen molar-refractivity contribution in [2.75, 3.05) is 13.2 Å². The number of benzene rings is 2. The van der Waals surface area contributed by atoms with Crippen LogP contribution in [0.2, 0.25) is 0 Å². The third-order valence-electron chi connectivity index (χ3n) is 5.03. The zero-order valence-electron chi connectivity index (χ0n) is 17.0. The van der Waals surface area contributed by atoms with Crippen molar-refractivity contribution in [1.29, 1.82) is 0 Å². The Morgan fingerprint density at radius 1 is 1.00 bits per heavy atom. The Balaban J connectivity index is 1.29. The molecule has 160 valence electrons. The summed E-state index contributed by atoms with van der Waals surface area (Å²) in [7, 11) is -1.24. The van der Waals surface area contributed by atoms with Crippen molar-refractivity contribution in [3.05, 3.63) is 71.8 Å². The van der Waals surface area contributed by atoms with Gasteiger partial charge in [-0.3, -0.25) is 18.6 Å². The van der Waals surface area contributed by atoms with Gasteiger partial charge in [-0.25, -0.2) is 5.48 Å². The molecule has 2 aromatic rings. The lowest BCUT2D eigenvalue weighted by molar-refractivity contribution is -0.149. The highest BCUT2D eigenvalue weighted by atomic mass is 32.2. The Labute approximate surface area is 180 Å². The molecule has 0 spiro atoms. The molecule has 2 aromatic carbocycles. The number of rotatable bonds is 12. The summed E-state index contributed by atoms with van der Waals surface area (Å²) in [6, 6.07) is 19.8. The molecule has 1 N–H and O–H groups in total. The van der Waals surface area contributed by atoms with Crippen LogP contribution in [0, 0.1) is 0 Å². The van der Waals surface area contributed by atoms with Crippen LogP contribution in [-0.2, 0) is 37.4 Å². The normalized spacial score (nSPS) is 16.7. The summed E-state index contributed by atoms with van der Waals surface area (Å²) < 4.78 is 12.5. The average molecular weight is 429 g/mol. The maximum Gasteiger partial charge on any atom is 0.263 e. The van der Waals surface area contributed by atoms with Gasteiger partial charge in [-0.15, -0.1) is 0 Å². The highest BCUT2D eigenvalue weighted by Gasteiger charge is 2.41. The monoisotopic (exact) mass is 428 g/mol. The summed E-state index contributed by atoms with van der Waals surface area (Å²) in [6.45, 7) is 0.301. The van der Waals surface area contributed by atoms with Crippen molar-refractivity contribution < 1.29 is 18.6 Å². The molecule has 1 heterocycles. The predicted molar refractivity (Wildman–Crippen MR) is 116 cm³/mol. The molecule has 2 atom stereocenters. The fourth-order valence-electron chi connectivity index (χ4n) is 3.33. The van der Waals surface area contributed by atoms with Crippen molar-refractivity contribution in [3.63, 3.8) is 0 Å². The zero-order valence-corrected chi connectivity index (χ0v) is 17.8. The van der Waals surface area contributed by atoms with Gasteiger partial charge in [0.2, 0.25) is 5.91 Å². The molecule has 1 fully saturated rings. The fourth-order valence-corrected chi connectivity index (χ4v) is 4.85. The van der Waals surface area contributed by atoms with Gasteiger partial charge in [-0.1, -0.05) is 67.1 Å². The standard InChI is InChI=1S/C23H28N2O4S/c26-21(24-29-15-9-3-8-12-19-10-4-1-5-11-19)17-25-22(27)16-23(25)30(28)18-20-13-6-2-7-14-20/h1-2,4-7,10-11,13-14,23H,3,8-9,12,15-18H2,(H,24,26). The first-order valence-corrected chi connectivity index (χ1v) is 11.7. The SMILES string of the molecule is O=C(CN1C(=O)CC1S(=O)Cc1ccccc1)NOCCCCCc1ccccc1. The van der Waals surface area contributed by atoms with E-state index in [1.165, 1.54) is 10.5 Å². The summed E-state index contributed by atoms with van der Waals surface area (Å²) in [5.41, 5.74) is 4.67. The highest BCUT2D eigenvalue weighted by molar-refractivity contribution is 7.85. The number of likely N-dealkylation sites (tertiary alicyclic amines) is 1. The summed E-state index contributed by atoms with van der Waals surface area (Å²) >= 11 is 0. The lowest BCUT2D eigenvalue weighted by Crippen LogP contribution is -2.57. The molecule has 0 saturated carbocycles. The Morgan fingerprint density at radius 3 is 2.33 bits per heavy atom. The summed E-state index contributed by atoms with van der Waals surface area (Å²) in [5.74, 6) is -0.178.